The van der Waals surface area contributed by atoms with E-state index >= 15 is 0 Å². The highest BCUT2D eigenvalue weighted by Crippen LogP contribution is 2.49. The number of aromatic nitrogens is 3. The Kier molecular flexibility index (Phi) is 5.57. The molecule has 4 atom stereocenters. The van der Waals surface area contributed by atoms with E-state index in [2.05, 4.69) is 20.5 Å². The van der Waals surface area contributed by atoms with Crippen LogP contribution in [-0.4, -0.2) is 67.6 Å². The summed E-state index contributed by atoms with van der Waals surface area (Å²) in [5.74, 6) is 0.990. The molecule has 2 aromatic heterocycles. The van der Waals surface area contributed by atoms with Crippen LogP contribution in [0, 0.1) is 5.92 Å². The molecule has 2 aromatic rings. The van der Waals surface area contributed by atoms with Gasteiger partial charge in [0.05, 0.1) is 31.7 Å². The second kappa shape index (κ2) is 8.18. The van der Waals surface area contributed by atoms with Crippen LogP contribution in [0.4, 0.5) is 10.6 Å². The first-order valence-electron chi connectivity index (χ1n) is 10.3. The summed E-state index contributed by atoms with van der Waals surface area (Å²) in [5, 5.41) is 29.7. The summed E-state index contributed by atoms with van der Waals surface area (Å²) in [7, 11) is 1.53. The second-order valence-electron chi connectivity index (χ2n) is 8.48. The molecule has 1 saturated carbocycles. The molecule has 0 bridgehead atoms. The maximum absolute atomic E-state index is 12.3. The molecule has 2 fully saturated rings. The molecule has 0 radical (unpaired) electrons. The molecule has 0 spiro atoms. The first-order valence-corrected chi connectivity index (χ1v) is 10.3. The van der Waals surface area contributed by atoms with Crippen LogP contribution in [0.15, 0.2) is 24.4 Å². The van der Waals surface area contributed by atoms with Crippen LogP contribution in [0.3, 0.4) is 0 Å². The SMILES string of the molecule is COc1ccc(CC(=O)Nc2cc([C@H]3CC[C@@H]([C@]4(C)[C@@H](O)CN4C(=O)O)C3)[nH]n2)cn1. The van der Waals surface area contributed by atoms with Crippen molar-refractivity contribution >= 4 is 17.8 Å². The van der Waals surface area contributed by atoms with Gasteiger partial charge in [0, 0.05) is 29.9 Å². The standard InChI is InChI=1S/C21H27N5O5/c1-21(16(27)11-26(21)20(29)30)14-5-4-13(8-14)15-9-17(25-24-15)23-18(28)7-12-3-6-19(31-2)22-10-12/h3,6,9-10,13-14,16,27H,4-5,7-8,11H2,1-2H3,(H,29,30)(H2,23,24,25,28)/t13-,14+,16-,21+/m0/s1. The van der Waals surface area contributed by atoms with E-state index < -0.39 is 17.7 Å². The number of carbonyl (C=O) groups excluding carboxylic acids is 1. The fourth-order valence-corrected chi connectivity index (χ4v) is 4.81. The first-order chi connectivity index (χ1) is 14.8. The van der Waals surface area contributed by atoms with E-state index in [4.69, 9.17) is 4.74 Å². The van der Waals surface area contributed by atoms with Gasteiger partial charge in [-0.15, -0.1) is 0 Å². The number of aromatic amines is 1. The Balaban J connectivity index is 1.34. The molecule has 10 nitrogen and oxygen atoms in total. The van der Waals surface area contributed by atoms with Crippen LogP contribution in [-0.2, 0) is 11.2 Å². The van der Waals surface area contributed by atoms with Crippen molar-refractivity contribution in [2.75, 3.05) is 19.0 Å². The van der Waals surface area contributed by atoms with Crippen molar-refractivity contribution in [3.63, 3.8) is 0 Å². The monoisotopic (exact) mass is 429 g/mol. The summed E-state index contributed by atoms with van der Waals surface area (Å²) in [5.41, 5.74) is 0.926. The molecule has 4 N–H and O–H groups in total. The summed E-state index contributed by atoms with van der Waals surface area (Å²) in [6.45, 7) is 1.99. The number of ether oxygens (including phenoxy) is 1. The van der Waals surface area contributed by atoms with Gasteiger partial charge < -0.3 is 20.3 Å². The fraction of sp³-hybridized carbons (Fsp3) is 0.524. The van der Waals surface area contributed by atoms with Crippen molar-refractivity contribution in [3.05, 3.63) is 35.7 Å². The van der Waals surface area contributed by atoms with E-state index in [0.29, 0.717) is 11.7 Å². The highest BCUT2D eigenvalue weighted by Gasteiger charge is 2.57. The highest BCUT2D eigenvalue weighted by molar-refractivity contribution is 5.91. The normalized spacial score (nSPS) is 27.6. The number of nitrogens with zero attached hydrogens (tertiary/aromatic N) is 3. The predicted octanol–water partition coefficient (Wildman–Crippen LogP) is 1.99. The van der Waals surface area contributed by atoms with Gasteiger partial charge in [0.1, 0.15) is 0 Å². The molecule has 166 valence electrons. The lowest BCUT2D eigenvalue weighted by Crippen LogP contribution is -2.73. The predicted molar refractivity (Wildman–Crippen MR) is 111 cm³/mol. The average molecular weight is 429 g/mol. The van der Waals surface area contributed by atoms with Gasteiger partial charge in [-0.2, -0.15) is 5.10 Å². The summed E-state index contributed by atoms with van der Waals surface area (Å²) in [6.07, 6.45) is 2.59. The Labute approximate surface area is 179 Å². The van der Waals surface area contributed by atoms with Gasteiger partial charge in [-0.05, 0) is 37.7 Å². The van der Waals surface area contributed by atoms with E-state index in [1.165, 1.54) is 12.0 Å². The lowest BCUT2D eigenvalue weighted by Gasteiger charge is -2.56. The zero-order chi connectivity index (χ0) is 22.2. The number of carboxylic acid groups (broad SMARTS) is 1. The summed E-state index contributed by atoms with van der Waals surface area (Å²) < 4.78 is 5.01. The number of hydrogen-bond donors (Lipinski definition) is 4. The number of β-amino-alcohol motifs (C(OH)–C–C–N with tert-alkyl or cyclic N) is 1. The van der Waals surface area contributed by atoms with Crippen molar-refractivity contribution in [1.82, 2.24) is 20.1 Å². The molecule has 1 aliphatic carbocycles. The van der Waals surface area contributed by atoms with Gasteiger partial charge >= 0.3 is 6.09 Å². The van der Waals surface area contributed by atoms with Crippen molar-refractivity contribution in [3.8, 4) is 5.88 Å². The minimum Gasteiger partial charge on any atom is -0.481 e. The van der Waals surface area contributed by atoms with Gasteiger partial charge in [-0.3, -0.25) is 14.8 Å². The lowest BCUT2D eigenvalue weighted by molar-refractivity contribution is -0.136. The largest absolute Gasteiger partial charge is 0.481 e. The van der Waals surface area contributed by atoms with Crippen LogP contribution < -0.4 is 10.1 Å². The second-order valence-corrected chi connectivity index (χ2v) is 8.48. The summed E-state index contributed by atoms with van der Waals surface area (Å²) in [4.78, 5) is 29.2. The third kappa shape index (κ3) is 3.95. The Morgan fingerprint density at radius 2 is 2.19 bits per heavy atom. The molecule has 2 aliphatic rings. The van der Waals surface area contributed by atoms with E-state index in [1.807, 2.05) is 13.0 Å². The Morgan fingerprint density at radius 3 is 2.84 bits per heavy atom. The van der Waals surface area contributed by atoms with Crippen LogP contribution in [0.2, 0.25) is 0 Å². The summed E-state index contributed by atoms with van der Waals surface area (Å²) >= 11 is 0. The number of methoxy groups -OCH3 is 1. The van der Waals surface area contributed by atoms with Crippen LogP contribution in [0.1, 0.15) is 43.4 Å². The van der Waals surface area contributed by atoms with Gasteiger partial charge in [-0.1, -0.05) is 6.07 Å². The minimum absolute atomic E-state index is 0.0706. The molecule has 1 aliphatic heterocycles. The molecule has 1 saturated heterocycles. The maximum Gasteiger partial charge on any atom is 0.407 e. The smallest absolute Gasteiger partial charge is 0.407 e. The molecule has 0 aromatic carbocycles. The Bertz CT molecular complexity index is 961. The zero-order valence-electron chi connectivity index (χ0n) is 17.5. The molecular formula is C21H27N5O5. The number of rotatable bonds is 6. The number of hydrogen-bond acceptors (Lipinski definition) is 6. The van der Waals surface area contributed by atoms with Gasteiger partial charge in [0.15, 0.2) is 5.82 Å². The quantitative estimate of drug-likeness (QED) is 0.550. The minimum atomic E-state index is -0.991. The number of nitrogens with one attached hydrogen (secondary N) is 2. The number of amides is 2. The van der Waals surface area contributed by atoms with Gasteiger partial charge in [0.2, 0.25) is 11.8 Å². The van der Waals surface area contributed by atoms with Crippen LogP contribution >= 0.6 is 0 Å². The molecule has 2 amide bonds. The number of anilines is 1. The van der Waals surface area contributed by atoms with Crippen molar-refractivity contribution < 1.29 is 24.5 Å². The van der Waals surface area contributed by atoms with E-state index in [9.17, 15) is 19.8 Å². The Morgan fingerprint density at radius 1 is 1.39 bits per heavy atom. The van der Waals surface area contributed by atoms with E-state index in [-0.39, 0.29) is 30.7 Å². The van der Waals surface area contributed by atoms with Crippen LogP contribution in [0.5, 0.6) is 5.88 Å². The average Bonchev–Trinajstić information content (AvgIpc) is 3.41. The van der Waals surface area contributed by atoms with Crippen LogP contribution in [0.25, 0.3) is 0 Å². The lowest BCUT2D eigenvalue weighted by atomic mass is 9.72. The third-order valence-corrected chi connectivity index (χ3v) is 6.78. The number of likely N-dealkylation sites (tertiary alicyclic amines) is 1. The molecule has 3 heterocycles. The highest BCUT2D eigenvalue weighted by atomic mass is 16.5. The molecule has 0 unspecified atom stereocenters. The molecular weight excluding hydrogens is 402 g/mol. The molecule has 10 heteroatoms. The summed E-state index contributed by atoms with van der Waals surface area (Å²) in [6, 6.07) is 5.32. The Hall–Kier alpha value is -3.14. The van der Waals surface area contributed by atoms with Gasteiger partial charge in [-0.25, -0.2) is 9.78 Å². The van der Waals surface area contributed by atoms with Gasteiger partial charge in [0.25, 0.3) is 0 Å². The number of carbonyl (C=O) groups is 2. The van der Waals surface area contributed by atoms with Crippen molar-refractivity contribution in [1.29, 1.82) is 0 Å². The topological polar surface area (TPSA) is 141 Å². The molecule has 4 rings (SSSR count). The molecule has 31 heavy (non-hydrogen) atoms. The number of H-pyrrole nitrogens is 1. The van der Waals surface area contributed by atoms with Crippen molar-refractivity contribution in [2.24, 2.45) is 5.92 Å². The van der Waals surface area contributed by atoms with E-state index in [1.54, 1.807) is 18.3 Å². The maximum atomic E-state index is 12.3. The number of pyridine rings is 1. The number of aliphatic hydroxyl groups is 1. The van der Waals surface area contributed by atoms with E-state index in [0.717, 1.165) is 30.5 Å². The van der Waals surface area contributed by atoms with Crippen molar-refractivity contribution in [2.45, 2.75) is 50.2 Å². The fourth-order valence-electron chi connectivity index (χ4n) is 4.81. The first kappa shape index (κ1) is 21.1. The number of aliphatic hydroxyl groups excluding tert-OH is 1. The zero-order valence-corrected chi connectivity index (χ0v) is 17.5. The third-order valence-electron chi connectivity index (χ3n) is 6.78.